The van der Waals surface area contributed by atoms with E-state index in [1.807, 2.05) is 18.6 Å². The molecule has 1 unspecified atom stereocenters. The third kappa shape index (κ3) is 3.44. The first kappa shape index (κ1) is 10.7. The number of aromatic nitrogens is 1. The lowest BCUT2D eigenvalue weighted by Crippen LogP contribution is -2.15. The van der Waals surface area contributed by atoms with Gasteiger partial charge in [0, 0.05) is 11.6 Å². The first-order valence-electron chi connectivity index (χ1n) is 4.95. The monoisotopic (exact) mass is 198 g/mol. The summed E-state index contributed by atoms with van der Waals surface area (Å²) >= 11 is 1.74. The third-order valence-corrected chi connectivity index (χ3v) is 3.08. The Morgan fingerprint density at radius 1 is 1.54 bits per heavy atom. The van der Waals surface area contributed by atoms with Crippen LogP contribution in [0.25, 0.3) is 0 Å². The fraction of sp³-hybridized carbons (Fsp3) is 0.700. The molecule has 0 spiro atoms. The van der Waals surface area contributed by atoms with Crippen LogP contribution in [0.15, 0.2) is 11.6 Å². The Morgan fingerprint density at radius 3 is 2.92 bits per heavy atom. The zero-order valence-electron chi connectivity index (χ0n) is 8.42. The second kappa shape index (κ2) is 6.11. The second-order valence-corrected chi connectivity index (χ2v) is 4.13. The van der Waals surface area contributed by atoms with Gasteiger partial charge in [0.2, 0.25) is 0 Å². The molecule has 1 heterocycles. The molecule has 0 saturated heterocycles. The molecule has 0 saturated carbocycles. The van der Waals surface area contributed by atoms with Crippen LogP contribution < -0.4 is 5.32 Å². The number of nitrogens with one attached hydrogen (secondary N) is 1. The summed E-state index contributed by atoms with van der Waals surface area (Å²) in [7, 11) is 2.01. The number of hydrogen-bond acceptors (Lipinski definition) is 3. The van der Waals surface area contributed by atoms with Crippen LogP contribution in [-0.2, 0) is 0 Å². The van der Waals surface area contributed by atoms with E-state index in [9.17, 15) is 0 Å². The lowest BCUT2D eigenvalue weighted by Gasteiger charge is -2.12. The molecule has 2 nitrogen and oxygen atoms in total. The van der Waals surface area contributed by atoms with E-state index >= 15 is 0 Å². The normalized spacial score (nSPS) is 13.1. The maximum atomic E-state index is 4.32. The van der Waals surface area contributed by atoms with Gasteiger partial charge in [-0.25, -0.2) is 4.98 Å². The van der Waals surface area contributed by atoms with E-state index in [0.29, 0.717) is 6.04 Å². The average molecular weight is 198 g/mol. The van der Waals surface area contributed by atoms with Crippen molar-refractivity contribution in [1.82, 2.24) is 10.3 Å². The Hall–Kier alpha value is -0.410. The van der Waals surface area contributed by atoms with Gasteiger partial charge in [0.15, 0.2) is 0 Å². The zero-order chi connectivity index (χ0) is 9.52. The SMILES string of the molecule is CCCCCC(NC)c1nccs1. The average Bonchev–Trinajstić information content (AvgIpc) is 2.65. The summed E-state index contributed by atoms with van der Waals surface area (Å²) in [5.74, 6) is 0. The van der Waals surface area contributed by atoms with Crippen molar-refractivity contribution in [3.63, 3.8) is 0 Å². The summed E-state index contributed by atoms with van der Waals surface area (Å²) in [5.41, 5.74) is 0. The summed E-state index contributed by atoms with van der Waals surface area (Å²) in [6.45, 7) is 2.23. The molecule has 1 aromatic heterocycles. The molecule has 0 radical (unpaired) electrons. The standard InChI is InChI=1S/C10H18N2S/c1-3-4-5-6-9(11-2)10-12-7-8-13-10/h7-9,11H,3-6H2,1-2H3. The first-order chi connectivity index (χ1) is 6.38. The topological polar surface area (TPSA) is 24.9 Å². The fourth-order valence-corrected chi connectivity index (χ4v) is 2.18. The highest BCUT2D eigenvalue weighted by Gasteiger charge is 2.10. The van der Waals surface area contributed by atoms with Gasteiger partial charge in [0.25, 0.3) is 0 Å². The van der Waals surface area contributed by atoms with Crippen molar-refractivity contribution in [1.29, 1.82) is 0 Å². The van der Waals surface area contributed by atoms with E-state index in [2.05, 4.69) is 17.2 Å². The maximum Gasteiger partial charge on any atom is 0.109 e. The first-order valence-corrected chi connectivity index (χ1v) is 5.83. The number of thiazole rings is 1. The van der Waals surface area contributed by atoms with Gasteiger partial charge in [0.1, 0.15) is 5.01 Å². The molecule has 0 aliphatic carbocycles. The van der Waals surface area contributed by atoms with Crippen molar-refractivity contribution >= 4 is 11.3 Å². The molecular weight excluding hydrogens is 180 g/mol. The predicted molar refractivity (Wildman–Crippen MR) is 58.1 cm³/mol. The van der Waals surface area contributed by atoms with E-state index in [1.54, 1.807) is 11.3 Å². The van der Waals surface area contributed by atoms with Gasteiger partial charge in [-0.15, -0.1) is 11.3 Å². The number of unbranched alkanes of at least 4 members (excludes halogenated alkanes) is 2. The Labute approximate surface area is 84.4 Å². The minimum Gasteiger partial charge on any atom is -0.311 e. The van der Waals surface area contributed by atoms with Gasteiger partial charge in [-0.1, -0.05) is 26.2 Å². The summed E-state index contributed by atoms with van der Waals surface area (Å²) in [6, 6.07) is 0.464. The fourth-order valence-electron chi connectivity index (χ4n) is 1.40. The highest BCUT2D eigenvalue weighted by molar-refractivity contribution is 7.09. The molecule has 0 fully saturated rings. The minimum absolute atomic E-state index is 0.464. The smallest absolute Gasteiger partial charge is 0.109 e. The van der Waals surface area contributed by atoms with Crippen molar-refractivity contribution in [2.45, 2.75) is 38.6 Å². The molecule has 74 valence electrons. The van der Waals surface area contributed by atoms with Crippen LogP contribution >= 0.6 is 11.3 Å². The molecule has 0 aliphatic rings. The van der Waals surface area contributed by atoms with Crippen LogP contribution in [0.2, 0.25) is 0 Å². The largest absolute Gasteiger partial charge is 0.311 e. The molecule has 1 N–H and O–H groups in total. The highest BCUT2D eigenvalue weighted by Crippen LogP contribution is 2.20. The summed E-state index contributed by atoms with van der Waals surface area (Å²) in [4.78, 5) is 4.32. The van der Waals surface area contributed by atoms with Crippen molar-refractivity contribution in [2.75, 3.05) is 7.05 Å². The molecule has 1 rings (SSSR count). The summed E-state index contributed by atoms with van der Waals surface area (Å²) in [5, 5.41) is 6.57. The molecule has 3 heteroatoms. The Morgan fingerprint density at radius 2 is 2.38 bits per heavy atom. The van der Waals surface area contributed by atoms with Gasteiger partial charge in [-0.05, 0) is 13.5 Å². The van der Waals surface area contributed by atoms with E-state index in [0.717, 1.165) is 0 Å². The number of rotatable bonds is 6. The predicted octanol–water partition coefficient (Wildman–Crippen LogP) is 2.98. The Bertz CT molecular complexity index is 209. The highest BCUT2D eigenvalue weighted by atomic mass is 32.1. The van der Waals surface area contributed by atoms with E-state index in [-0.39, 0.29) is 0 Å². The molecule has 1 atom stereocenters. The summed E-state index contributed by atoms with van der Waals surface area (Å²) in [6.07, 6.45) is 6.99. The van der Waals surface area contributed by atoms with E-state index in [1.165, 1.54) is 30.7 Å². The van der Waals surface area contributed by atoms with Crippen molar-refractivity contribution in [2.24, 2.45) is 0 Å². The van der Waals surface area contributed by atoms with E-state index < -0.39 is 0 Å². The Kier molecular flexibility index (Phi) is 5.01. The lowest BCUT2D eigenvalue weighted by atomic mass is 10.1. The zero-order valence-corrected chi connectivity index (χ0v) is 9.23. The maximum absolute atomic E-state index is 4.32. The Balaban J connectivity index is 2.35. The molecule has 0 amide bonds. The van der Waals surface area contributed by atoms with Crippen molar-refractivity contribution in [3.05, 3.63) is 16.6 Å². The van der Waals surface area contributed by atoms with Crippen molar-refractivity contribution < 1.29 is 0 Å². The van der Waals surface area contributed by atoms with Crippen molar-refractivity contribution in [3.8, 4) is 0 Å². The molecular formula is C10H18N2S. The number of nitrogens with zero attached hydrogens (tertiary/aromatic N) is 1. The van der Waals surface area contributed by atoms with Crippen LogP contribution in [0.1, 0.15) is 43.7 Å². The van der Waals surface area contributed by atoms with Gasteiger partial charge < -0.3 is 5.32 Å². The van der Waals surface area contributed by atoms with Crippen LogP contribution in [0.3, 0.4) is 0 Å². The van der Waals surface area contributed by atoms with Crippen LogP contribution in [0.4, 0.5) is 0 Å². The third-order valence-electron chi connectivity index (χ3n) is 2.19. The van der Waals surface area contributed by atoms with Crippen LogP contribution in [-0.4, -0.2) is 12.0 Å². The minimum atomic E-state index is 0.464. The molecule has 0 aliphatic heterocycles. The van der Waals surface area contributed by atoms with Crippen LogP contribution in [0, 0.1) is 0 Å². The van der Waals surface area contributed by atoms with Gasteiger partial charge >= 0.3 is 0 Å². The summed E-state index contributed by atoms with van der Waals surface area (Å²) < 4.78 is 0. The van der Waals surface area contributed by atoms with Gasteiger partial charge in [-0.2, -0.15) is 0 Å². The van der Waals surface area contributed by atoms with E-state index in [4.69, 9.17) is 0 Å². The second-order valence-electron chi connectivity index (χ2n) is 3.21. The lowest BCUT2D eigenvalue weighted by molar-refractivity contribution is 0.510. The molecule has 0 aromatic carbocycles. The van der Waals surface area contributed by atoms with Gasteiger partial charge in [0.05, 0.1) is 6.04 Å². The molecule has 1 aromatic rings. The quantitative estimate of drug-likeness (QED) is 0.711. The van der Waals surface area contributed by atoms with Crippen LogP contribution in [0.5, 0.6) is 0 Å². The van der Waals surface area contributed by atoms with Gasteiger partial charge in [-0.3, -0.25) is 0 Å². The molecule has 0 bridgehead atoms. The number of hydrogen-bond donors (Lipinski definition) is 1. The molecule has 13 heavy (non-hydrogen) atoms.